The maximum Gasteiger partial charge on any atom is 0.272 e. The van der Waals surface area contributed by atoms with Crippen molar-refractivity contribution in [2.24, 2.45) is 0 Å². The fraction of sp³-hybridized carbons (Fsp3) is 0.417. The minimum atomic E-state index is -0.216. The van der Waals surface area contributed by atoms with Crippen LogP contribution in [0.25, 0.3) is 10.9 Å². The molecule has 5 rings (SSSR count). The number of morpholine rings is 1. The zero-order chi connectivity index (χ0) is 21.4. The van der Waals surface area contributed by atoms with Crippen LogP contribution in [0.5, 0.6) is 0 Å². The van der Waals surface area contributed by atoms with Crippen molar-refractivity contribution >= 4 is 16.8 Å². The molecule has 0 aliphatic carbocycles. The van der Waals surface area contributed by atoms with E-state index in [0.717, 1.165) is 42.4 Å². The topological polar surface area (TPSA) is 59.4 Å². The standard InChI is InChI=1S/C24H27FN4O2/c1-2-29-22-6-4-3-5-21(22)23(27-29)24(30)26-18-11-19-14-31-15-20(12-18)28(19)13-16-7-9-17(25)10-8-16/h3-10,18-20H,2,11-15H2,1H3,(H,26,30)/t18?,19-,20+. The van der Waals surface area contributed by atoms with Crippen LogP contribution in [-0.4, -0.2) is 51.9 Å². The summed E-state index contributed by atoms with van der Waals surface area (Å²) in [6, 6.07) is 15.1. The number of halogens is 1. The Kier molecular flexibility index (Phi) is 5.46. The first-order valence-electron chi connectivity index (χ1n) is 11.0. The Morgan fingerprint density at radius 2 is 1.84 bits per heavy atom. The molecular formula is C24H27FN4O2. The third-order valence-electron chi connectivity index (χ3n) is 6.46. The van der Waals surface area contributed by atoms with Crippen molar-refractivity contribution in [1.29, 1.82) is 0 Å². The smallest absolute Gasteiger partial charge is 0.272 e. The lowest BCUT2D eigenvalue weighted by Gasteiger charge is -2.48. The van der Waals surface area contributed by atoms with E-state index in [4.69, 9.17) is 4.74 Å². The van der Waals surface area contributed by atoms with E-state index in [2.05, 4.69) is 15.3 Å². The number of piperidine rings is 1. The molecule has 2 aromatic carbocycles. The molecule has 2 fully saturated rings. The molecule has 0 spiro atoms. The Bertz CT molecular complexity index is 1070. The Balaban J connectivity index is 1.30. The minimum absolute atomic E-state index is 0.0846. The second kappa shape index (κ2) is 8.40. The number of hydrogen-bond donors (Lipinski definition) is 1. The van der Waals surface area contributed by atoms with Gasteiger partial charge in [0.15, 0.2) is 5.69 Å². The Morgan fingerprint density at radius 3 is 2.55 bits per heavy atom. The molecule has 3 atom stereocenters. The number of aromatic nitrogens is 2. The van der Waals surface area contributed by atoms with Crippen molar-refractivity contribution in [2.45, 2.75) is 51.0 Å². The number of benzene rings is 2. The van der Waals surface area contributed by atoms with Crippen LogP contribution in [0.2, 0.25) is 0 Å². The number of hydrogen-bond acceptors (Lipinski definition) is 4. The average Bonchev–Trinajstić information content (AvgIpc) is 3.15. The van der Waals surface area contributed by atoms with Gasteiger partial charge in [-0.1, -0.05) is 30.3 Å². The van der Waals surface area contributed by atoms with Crippen molar-refractivity contribution in [3.8, 4) is 0 Å². The van der Waals surface area contributed by atoms with Gasteiger partial charge in [0.25, 0.3) is 5.91 Å². The number of fused-ring (bicyclic) bond motifs is 3. The number of carbonyl (C=O) groups is 1. The Labute approximate surface area is 181 Å². The molecule has 3 heterocycles. The van der Waals surface area contributed by atoms with Gasteiger partial charge in [0.05, 0.1) is 18.7 Å². The van der Waals surface area contributed by atoms with Crippen LogP contribution >= 0.6 is 0 Å². The summed E-state index contributed by atoms with van der Waals surface area (Å²) in [5, 5.41) is 8.69. The summed E-state index contributed by atoms with van der Waals surface area (Å²) in [6.45, 7) is 4.82. The zero-order valence-corrected chi connectivity index (χ0v) is 17.6. The lowest BCUT2D eigenvalue weighted by atomic mass is 9.89. The molecule has 0 saturated carbocycles. The van der Waals surface area contributed by atoms with Gasteiger partial charge in [0, 0.05) is 36.6 Å². The maximum atomic E-state index is 13.2. The predicted octanol–water partition coefficient (Wildman–Crippen LogP) is 3.36. The largest absolute Gasteiger partial charge is 0.378 e. The molecule has 1 unspecified atom stereocenters. The third-order valence-corrected chi connectivity index (χ3v) is 6.46. The summed E-state index contributed by atoms with van der Waals surface area (Å²) < 4.78 is 20.9. The Hall–Kier alpha value is -2.77. The Morgan fingerprint density at radius 1 is 1.13 bits per heavy atom. The van der Waals surface area contributed by atoms with Crippen LogP contribution < -0.4 is 5.32 Å². The summed E-state index contributed by atoms with van der Waals surface area (Å²) >= 11 is 0. The molecule has 2 aliphatic heterocycles. The van der Waals surface area contributed by atoms with Crippen molar-refractivity contribution in [3.63, 3.8) is 0 Å². The second-order valence-electron chi connectivity index (χ2n) is 8.47. The fourth-order valence-electron chi connectivity index (χ4n) is 4.96. The normalized spacial score (nSPS) is 23.7. The van der Waals surface area contributed by atoms with Crippen LogP contribution in [-0.2, 0) is 17.8 Å². The molecule has 2 aliphatic rings. The van der Waals surface area contributed by atoms with Crippen molar-refractivity contribution < 1.29 is 13.9 Å². The predicted molar refractivity (Wildman–Crippen MR) is 116 cm³/mol. The summed E-state index contributed by atoms with van der Waals surface area (Å²) in [6.07, 6.45) is 1.66. The highest BCUT2D eigenvalue weighted by Crippen LogP contribution is 2.30. The van der Waals surface area contributed by atoms with Crippen molar-refractivity contribution in [1.82, 2.24) is 20.0 Å². The molecule has 31 heavy (non-hydrogen) atoms. The molecular weight excluding hydrogens is 395 g/mol. The number of nitrogens with one attached hydrogen (secondary N) is 1. The van der Waals surface area contributed by atoms with Gasteiger partial charge in [-0.2, -0.15) is 5.10 Å². The highest BCUT2D eigenvalue weighted by atomic mass is 19.1. The minimum Gasteiger partial charge on any atom is -0.378 e. The van der Waals surface area contributed by atoms with Gasteiger partial charge in [0.1, 0.15) is 5.82 Å². The summed E-state index contributed by atoms with van der Waals surface area (Å²) in [5.41, 5.74) is 2.57. The first-order valence-corrected chi connectivity index (χ1v) is 11.0. The zero-order valence-electron chi connectivity index (χ0n) is 17.6. The number of para-hydroxylation sites is 1. The van der Waals surface area contributed by atoms with E-state index < -0.39 is 0 Å². The number of aryl methyl sites for hydroxylation is 1. The number of carbonyl (C=O) groups excluding carboxylic acids is 1. The van der Waals surface area contributed by atoms with Crippen LogP contribution in [0.1, 0.15) is 35.8 Å². The number of ether oxygens (including phenoxy) is 1. The SMILES string of the molecule is CCn1nc(C(=O)NC2C[C@H]3COC[C@@H](C2)N3Cc2ccc(F)cc2)c2ccccc21. The number of nitrogens with zero attached hydrogens (tertiary/aromatic N) is 3. The summed E-state index contributed by atoms with van der Waals surface area (Å²) in [7, 11) is 0. The molecule has 6 nitrogen and oxygen atoms in total. The molecule has 2 saturated heterocycles. The van der Waals surface area contributed by atoms with Gasteiger partial charge in [-0.3, -0.25) is 14.4 Å². The molecule has 1 N–H and O–H groups in total. The van der Waals surface area contributed by atoms with Gasteiger partial charge in [0.2, 0.25) is 0 Å². The lowest BCUT2D eigenvalue weighted by Crippen LogP contribution is -2.60. The number of rotatable bonds is 5. The second-order valence-corrected chi connectivity index (χ2v) is 8.47. The van der Waals surface area contributed by atoms with Crippen LogP contribution in [0, 0.1) is 5.82 Å². The van der Waals surface area contributed by atoms with Crippen LogP contribution in [0.4, 0.5) is 4.39 Å². The molecule has 1 aromatic heterocycles. The van der Waals surface area contributed by atoms with Gasteiger partial charge in [-0.15, -0.1) is 0 Å². The molecule has 162 valence electrons. The van der Waals surface area contributed by atoms with E-state index in [1.807, 2.05) is 48.0 Å². The van der Waals surface area contributed by atoms with E-state index in [9.17, 15) is 9.18 Å². The quantitative estimate of drug-likeness (QED) is 0.685. The molecule has 3 aromatic rings. The molecule has 7 heteroatoms. The highest BCUT2D eigenvalue weighted by molar-refractivity contribution is 6.05. The van der Waals surface area contributed by atoms with E-state index in [1.165, 1.54) is 12.1 Å². The van der Waals surface area contributed by atoms with Gasteiger partial charge in [-0.05, 0) is 43.5 Å². The lowest BCUT2D eigenvalue weighted by molar-refractivity contribution is -0.0843. The first-order chi connectivity index (χ1) is 15.1. The van der Waals surface area contributed by atoms with E-state index in [0.29, 0.717) is 18.9 Å². The van der Waals surface area contributed by atoms with E-state index in [-0.39, 0.29) is 29.8 Å². The van der Waals surface area contributed by atoms with E-state index >= 15 is 0 Å². The summed E-state index contributed by atoms with van der Waals surface area (Å²) in [4.78, 5) is 15.6. The fourth-order valence-corrected chi connectivity index (χ4v) is 4.96. The average molecular weight is 423 g/mol. The first kappa shape index (κ1) is 20.2. The molecule has 2 bridgehead atoms. The summed E-state index contributed by atoms with van der Waals surface area (Å²) in [5.74, 6) is -0.328. The van der Waals surface area contributed by atoms with Crippen molar-refractivity contribution in [2.75, 3.05) is 13.2 Å². The maximum absolute atomic E-state index is 13.2. The molecule has 0 radical (unpaired) electrons. The highest BCUT2D eigenvalue weighted by Gasteiger charge is 2.39. The van der Waals surface area contributed by atoms with Crippen molar-refractivity contribution in [3.05, 3.63) is 65.6 Å². The van der Waals surface area contributed by atoms with Crippen LogP contribution in [0.3, 0.4) is 0 Å². The van der Waals surface area contributed by atoms with Gasteiger partial charge < -0.3 is 10.1 Å². The third kappa shape index (κ3) is 3.95. The molecule has 1 amide bonds. The van der Waals surface area contributed by atoms with Crippen LogP contribution in [0.15, 0.2) is 48.5 Å². The van der Waals surface area contributed by atoms with Gasteiger partial charge >= 0.3 is 0 Å². The number of amides is 1. The monoisotopic (exact) mass is 422 g/mol. The van der Waals surface area contributed by atoms with Gasteiger partial charge in [-0.25, -0.2) is 4.39 Å². The van der Waals surface area contributed by atoms with E-state index in [1.54, 1.807) is 0 Å².